The van der Waals surface area contributed by atoms with Gasteiger partial charge in [0, 0.05) is 0 Å². The number of rotatable bonds is 0. The van der Waals surface area contributed by atoms with Crippen molar-refractivity contribution in [2.45, 2.75) is 6.30 Å². The molecule has 0 spiro atoms. The lowest BCUT2D eigenvalue weighted by molar-refractivity contribution is -0.113. The number of alkyl halides is 1. The van der Waals surface area contributed by atoms with Crippen molar-refractivity contribution in [3.63, 3.8) is 0 Å². The van der Waals surface area contributed by atoms with E-state index in [1.54, 1.807) is 0 Å². The van der Waals surface area contributed by atoms with Crippen LogP contribution in [0.25, 0.3) is 0 Å². The average Bonchev–Trinajstić information content (AvgIpc) is 2.07. The highest BCUT2D eigenvalue weighted by Crippen LogP contribution is 2.12. The highest BCUT2D eigenvalue weighted by molar-refractivity contribution is 6.48. The minimum absolute atomic E-state index is 0.194. The van der Waals surface area contributed by atoms with Crippen LogP contribution >= 0.6 is 0 Å². The summed E-state index contributed by atoms with van der Waals surface area (Å²) >= 11 is 0. The molecule has 0 fully saturated rings. The van der Waals surface area contributed by atoms with Crippen LogP contribution in [-0.2, 0) is 4.79 Å². The van der Waals surface area contributed by atoms with E-state index < -0.39 is 12.2 Å². The highest BCUT2D eigenvalue weighted by atomic mass is 19.1. The number of carbonyl (C=O) groups is 1. The maximum atomic E-state index is 12.6. The normalized spacial score (nSPS) is 26.4. The van der Waals surface area contributed by atoms with E-state index in [4.69, 9.17) is 0 Å². The zero-order valence-corrected chi connectivity index (χ0v) is 5.94. The number of dihydropyridines is 1. The molecule has 2 rings (SSSR count). The Labute approximate surface area is 67.2 Å². The van der Waals surface area contributed by atoms with E-state index in [1.165, 1.54) is 6.21 Å². The second-order valence-corrected chi connectivity index (χ2v) is 2.30. The van der Waals surface area contributed by atoms with Crippen LogP contribution in [-0.4, -0.2) is 30.5 Å². The second-order valence-electron chi connectivity index (χ2n) is 2.30. The maximum Gasteiger partial charge on any atom is 0.280 e. The number of amides is 1. The summed E-state index contributed by atoms with van der Waals surface area (Å²) in [6, 6.07) is 0. The molecule has 0 saturated heterocycles. The minimum atomic E-state index is -1.45. The summed E-state index contributed by atoms with van der Waals surface area (Å²) in [4.78, 5) is 21.6. The fourth-order valence-electron chi connectivity index (χ4n) is 0.974. The molecule has 12 heavy (non-hydrogen) atoms. The molecule has 1 unspecified atom stereocenters. The molecule has 0 aromatic rings. The highest BCUT2D eigenvalue weighted by Gasteiger charge is 2.21. The van der Waals surface area contributed by atoms with Crippen molar-refractivity contribution >= 4 is 24.2 Å². The van der Waals surface area contributed by atoms with Gasteiger partial charge in [-0.05, 0) is 6.08 Å². The van der Waals surface area contributed by atoms with Crippen LogP contribution in [0.4, 0.5) is 4.39 Å². The molecule has 0 aromatic heterocycles. The summed E-state index contributed by atoms with van der Waals surface area (Å²) in [5.41, 5.74) is 0.573. The van der Waals surface area contributed by atoms with Gasteiger partial charge in [0.1, 0.15) is 6.34 Å². The van der Waals surface area contributed by atoms with E-state index in [2.05, 4.69) is 15.0 Å². The van der Waals surface area contributed by atoms with Crippen molar-refractivity contribution < 1.29 is 9.18 Å². The Morgan fingerprint density at radius 1 is 1.50 bits per heavy atom. The van der Waals surface area contributed by atoms with Gasteiger partial charge < -0.3 is 0 Å². The van der Waals surface area contributed by atoms with Gasteiger partial charge in [0.2, 0.25) is 6.30 Å². The molecule has 4 nitrogen and oxygen atoms in total. The van der Waals surface area contributed by atoms with Crippen LogP contribution in [0.5, 0.6) is 0 Å². The van der Waals surface area contributed by atoms with Crippen molar-refractivity contribution in [2.75, 3.05) is 0 Å². The Kier molecular flexibility index (Phi) is 1.43. The lowest BCUT2D eigenvalue weighted by Crippen LogP contribution is -2.21. The van der Waals surface area contributed by atoms with Crippen LogP contribution in [0.15, 0.2) is 26.6 Å². The number of aliphatic imine (C=N–C) groups is 3. The third kappa shape index (κ3) is 0.990. The number of nitrogens with zero attached hydrogens (tertiary/aromatic N) is 3. The van der Waals surface area contributed by atoms with Crippen LogP contribution in [0, 0.1) is 0 Å². The second kappa shape index (κ2) is 2.44. The van der Waals surface area contributed by atoms with Gasteiger partial charge in [0.15, 0.2) is 0 Å². The summed E-state index contributed by atoms with van der Waals surface area (Å²) < 4.78 is 12.6. The third-order valence-electron chi connectivity index (χ3n) is 1.52. The molecule has 60 valence electrons. The molecule has 0 N–H and O–H groups in total. The zero-order valence-electron chi connectivity index (χ0n) is 5.94. The number of halogens is 1. The fourth-order valence-corrected chi connectivity index (χ4v) is 0.974. The van der Waals surface area contributed by atoms with E-state index in [0.717, 1.165) is 12.4 Å². The van der Waals surface area contributed by atoms with Gasteiger partial charge in [-0.1, -0.05) is 0 Å². The lowest BCUT2D eigenvalue weighted by atomic mass is 10.1. The quantitative estimate of drug-likeness (QED) is 0.476. The predicted molar refractivity (Wildman–Crippen MR) is 42.4 cm³/mol. The van der Waals surface area contributed by atoms with Crippen LogP contribution in [0.1, 0.15) is 0 Å². The summed E-state index contributed by atoms with van der Waals surface area (Å²) in [5.74, 6) is -0.464. The molecule has 5 heteroatoms. The lowest BCUT2D eigenvalue weighted by Gasteiger charge is -2.10. The molecule has 2 aliphatic rings. The smallest absolute Gasteiger partial charge is 0.267 e. The summed E-state index contributed by atoms with van der Waals surface area (Å²) in [6.45, 7) is 0. The monoisotopic (exact) mass is 165 g/mol. The number of fused-ring (bicyclic) bond motifs is 1. The first-order valence-electron chi connectivity index (χ1n) is 3.31. The van der Waals surface area contributed by atoms with E-state index in [-0.39, 0.29) is 5.57 Å². The Balaban J connectivity index is 2.46. The first-order chi connectivity index (χ1) is 5.77. The first-order valence-corrected chi connectivity index (χ1v) is 3.31. The molecule has 0 bridgehead atoms. The van der Waals surface area contributed by atoms with E-state index in [1.807, 2.05) is 0 Å². The molecular weight excluding hydrogens is 161 g/mol. The Bertz CT molecular complexity index is 354. The van der Waals surface area contributed by atoms with Gasteiger partial charge in [-0.3, -0.25) is 9.79 Å². The number of hydrogen-bond donors (Lipinski definition) is 0. The van der Waals surface area contributed by atoms with E-state index in [9.17, 15) is 9.18 Å². The summed E-state index contributed by atoms with van der Waals surface area (Å²) in [5, 5.41) is 0. The molecule has 2 aliphatic heterocycles. The van der Waals surface area contributed by atoms with E-state index >= 15 is 0 Å². The maximum absolute atomic E-state index is 12.6. The van der Waals surface area contributed by atoms with Gasteiger partial charge in [0.05, 0.1) is 17.5 Å². The predicted octanol–water partition coefficient (Wildman–Crippen LogP) is 0.302. The fraction of sp³-hybridized carbons (Fsp3) is 0.143. The topological polar surface area (TPSA) is 54.1 Å². The summed E-state index contributed by atoms with van der Waals surface area (Å²) in [6.07, 6.45) is 2.04. The molecule has 1 amide bonds. The Hall–Kier alpha value is -1.65. The van der Waals surface area contributed by atoms with Gasteiger partial charge in [-0.25, -0.2) is 9.38 Å². The largest absolute Gasteiger partial charge is 0.280 e. The first kappa shape index (κ1) is 7.02. The average molecular weight is 165 g/mol. The summed E-state index contributed by atoms with van der Waals surface area (Å²) in [7, 11) is 0. The molecule has 1 atom stereocenters. The molecule has 0 saturated carbocycles. The van der Waals surface area contributed by atoms with Gasteiger partial charge >= 0.3 is 0 Å². The van der Waals surface area contributed by atoms with Crippen LogP contribution < -0.4 is 0 Å². The third-order valence-corrected chi connectivity index (χ3v) is 1.52. The molecule has 2 heterocycles. The standard InChI is InChI=1S/C7H4FN3O/c8-6-1-4-5(2-9-6)10-3-11-7(4)12/h1-3,6H. The Morgan fingerprint density at radius 2 is 2.33 bits per heavy atom. The molecule has 0 aliphatic carbocycles. The van der Waals surface area contributed by atoms with Crippen molar-refractivity contribution in [1.82, 2.24) is 0 Å². The molecule has 0 aromatic carbocycles. The number of hydrogen-bond acceptors (Lipinski definition) is 3. The Morgan fingerprint density at radius 3 is 3.17 bits per heavy atom. The van der Waals surface area contributed by atoms with Crippen molar-refractivity contribution in [3.05, 3.63) is 11.6 Å². The molecular formula is C7H4FN3O. The van der Waals surface area contributed by atoms with Crippen LogP contribution in [0.2, 0.25) is 0 Å². The zero-order chi connectivity index (χ0) is 8.55. The van der Waals surface area contributed by atoms with Gasteiger partial charge in [-0.15, -0.1) is 0 Å². The van der Waals surface area contributed by atoms with Gasteiger partial charge in [0.25, 0.3) is 5.91 Å². The van der Waals surface area contributed by atoms with Crippen molar-refractivity contribution in [1.29, 1.82) is 0 Å². The minimum Gasteiger partial charge on any atom is -0.267 e. The SMILES string of the molecule is O=C1N=CN=C2C=NC(F)C=C12. The van der Waals surface area contributed by atoms with E-state index in [0.29, 0.717) is 5.71 Å². The molecule has 0 radical (unpaired) electrons. The van der Waals surface area contributed by atoms with Crippen molar-refractivity contribution in [2.24, 2.45) is 15.0 Å². The number of carbonyl (C=O) groups excluding carboxylic acids is 1. The van der Waals surface area contributed by atoms with Gasteiger partial charge in [-0.2, -0.15) is 4.99 Å². The van der Waals surface area contributed by atoms with Crippen molar-refractivity contribution in [3.8, 4) is 0 Å². The van der Waals surface area contributed by atoms with Crippen LogP contribution in [0.3, 0.4) is 0 Å².